The largest absolute Gasteiger partial charge is 0.383 e. The number of para-hydroxylation sites is 1. The van der Waals surface area contributed by atoms with Crippen molar-refractivity contribution in [2.24, 2.45) is 0 Å². The topological polar surface area (TPSA) is 118 Å². The SMILES string of the molecule is C[C@H](Sc1nc(N)cc(=O)[nH]1)c1nc2ccccc2c(=O)[nH]1. The summed E-state index contributed by atoms with van der Waals surface area (Å²) in [6.45, 7) is 1.86. The average molecular weight is 315 g/mol. The van der Waals surface area contributed by atoms with E-state index in [4.69, 9.17) is 5.73 Å². The number of aromatic amines is 2. The maximum Gasteiger partial charge on any atom is 0.258 e. The maximum absolute atomic E-state index is 12.1. The van der Waals surface area contributed by atoms with Gasteiger partial charge in [-0.05, 0) is 19.1 Å². The van der Waals surface area contributed by atoms with Gasteiger partial charge in [0.1, 0.15) is 11.6 Å². The molecule has 0 radical (unpaired) electrons. The summed E-state index contributed by atoms with van der Waals surface area (Å²) in [5, 5.41) is 0.717. The first-order valence-electron chi connectivity index (χ1n) is 6.55. The molecule has 3 rings (SSSR count). The summed E-state index contributed by atoms with van der Waals surface area (Å²) < 4.78 is 0. The number of nitrogens with zero attached hydrogens (tertiary/aromatic N) is 2. The van der Waals surface area contributed by atoms with Crippen LogP contribution in [0, 0.1) is 0 Å². The number of H-pyrrole nitrogens is 2. The molecular weight excluding hydrogens is 302 g/mol. The van der Waals surface area contributed by atoms with Crippen molar-refractivity contribution in [3.05, 3.63) is 56.9 Å². The van der Waals surface area contributed by atoms with E-state index >= 15 is 0 Å². The number of nitrogens with one attached hydrogen (secondary N) is 2. The molecule has 0 fully saturated rings. The number of hydrogen-bond donors (Lipinski definition) is 3. The molecule has 2 heterocycles. The van der Waals surface area contributed by atoms with Crippen molar-refractivity contribution >= 4 is 28.5 Å². The van der Waals surface area contributed by atoms with Crippen molar-refractivity contribution in [1.29, 1.82) is 0 Å². The van der Waals surface area contributed by atoms with Gasteiger partial charge in [0, 0.05) is 6.07 Å². The number of benzene rings is 1. The van der Waals surface area contributed by atoms with Crippen molar-refractivity contribution in [2.45, 2.75) is 17.3 Å². The standard InChI is InChI=1S/C14H13N5O2S/c1-7(22-14-17-10(15)6-11(20)18-14)12-16-9-5-3-2-4-8(9)13(21)19-12/h2-7H,1H3,(H,16,19,21)(H3,15,17,18,20)/t7-/m0/s1. The van der Waals surface area contributed by atoms with Crippen molar-refractivity contribution in [3.63, 3.8) is 0 Å². The van der Waals surface area contributed by atoms with Crippen LogP contribution in [-0.2, 0) is 0 Å². The van der Waals surface area contributed by atoms with Gasteiger partial charge in [-0.25, -0.2) is 9.97 Å². The lowest BCUT2D eigenvalue weighted by atomic mass is 10.2. The lowest BCUT2D eigenvalue weighted by molar-refractivity contribution is 0.894. The van der Waals surface area contributed by atoms with E-state index in [1.807, 2.05) is 13.0 Å². The Morgan fingerprint density at radius 3 is 2.73 bits per heavy atom. The predicted molar refractivity (Wildman–Crippen MR) is 85.9 cm³/mol. The van der Waals surface area contributed by atoms with Crippen molar-refractivity contribution in [2.75, 3.05) is 5.73 Å². The fourth-order valence-electron chi connectivity index (χ4n) is 2.03. The van der Waals surface area contributed by atoms with E-state index in [2.05, 4.69) is 19.9 Å². The van der Waals surface area contributed by atoms with Gasteiger partial charge in [0.05, 0.1) is 16.2 Å². The molecule has 7 nitrogen and oxygen atoms in total. The van der Waals surface area contributed by atoms with Gasteiger partial charge in [0.15, 0.2) is 5.16 Å². The summed E-state index contributed by atoms with van der Waals surface area (Å²) in [5.74, 6) is 0.664. The lowest BCUT2D eigenvalue weighted by Gasteiger charge is -2.10. The highest BCUT2D eigenvalue weighted by Crippen LogP contribution is 2.30. The molecular formula is C14H13N5O2S. The van der Waals surface area contributed by atoms with Crippen LogP contribution >= 0.6 is 11.8 Å². The summed E-state index contributed by atoms with van der Waals surface area (Å²) in [6.07, 6.45) is 0. The van der Waals surface area contributed by atoms with Crippen LogP contribution in [0.3, 0.4) is 0 Å². The minimum atomic E-state index is -0.317. The van der Waals surface area contributed by atoms with Crippen molar-refractivity contribution in [3.8, 4) is 0 Å². The van der Waals surface area contributed by atoms with Crippen molar-refractivity contribution < 1.29 is 0 Å². The molecule has 2 aromatic heterocycles. The van der Waals surface area contributed by atoms with Gasteiger partial charge < -0.3 is 15.7 Å². The molecule has 0 aliphatic rings. The first-order valence-corrected chi connectivity index (χ1v) is 7.43. The zero-order chi connectivity index (χ0) is 15.7. The summed E-state index contributed by atoms with van der Waals surface area (Å²) in [6, 6.07) is 8.34. The van der Waals surface area contributed by atoms with Crippen molar-refractivity contribution in [1.82, 2.24) is 19.9 Å². The molecule has 8 heteroatoms. The Hall–Kier alpha value is -2.61. The second-order valence-corrected chi connectivity index (χ2v) is 6.03. The Morgan fingerprint density at radius 1 is 1.18 bits per heavy atom. The smallest absolute Gasteiger partial charge is 0.258 e. The molecule has 0 saturated heterocycles. The molecule has 0 unspecified atom stereocenters. The molecule has 1 aromatic carbocycles. The highest BCUT2D eigenvalue weighted by Gasteiger charge is 2.14. The highest BCUT2D eigenvalue weighted by molar-refractivity contribution is 7.99. The zero-order valence-corrected chi connectivity index (χ0v) is 12.5. The monoisotopic (exact) mass is 315 g/mol. The fraction of sp³-hybridized carbons (Fsp3) is 0.143. The quantitative estimate of drug-likeness (QED) is 0.497. The van der Waals surface area contributed by atoms with Crippen LogP contribution in [0.25, 0.3) is 10.9 Å². The van der Waals surface area contributed by atoms with Gasteiger partial charge in [-0.2, -0.15) is 0 Å². The van der Waals surface area contributed by atoms with Gasteiger partial charge in [-0.1, -0.05) is 23.9 Å². The third kappa shape index (κ3) is 2.86. The molecule has 22 heavy (non-hydrogen) atoms. The lowest BCUT2D eigenvalue weighted by Crippen LogP contribution is -2.14. The summed E-state index contributed by atoms with van der Waals surface area (Å²) in [7, 11) is 0. The Labute approximate surface area is 129 Å². The minimum Gasteiger partial charge on any atom is -0.383 e. The molecule has 0 aliphatic carbocycles. The third-order valence-electron chi connectivity index (χ3n) is 3.04. The second kappa shape index (κ2) is 5.64. The normalized spacial score (nSPS) is 12.4. The number of nitrogen functional groups attached to an aromatic ring is 1. The highest BCUT2D eigenvalue weighted by atomic mass is 32.2. The number of rotatable bonds is 3. The van der Waals surface area contributed by atoms with E-state index in [1.54, 1.807) is 18.2 Å². The van der Waals surface area contributed by atoms with Gasteiger partial charge in [0.2, 0.25) is 0 Å². The first kappa shape index (κ1) is 14.3. The summed E-state index contributed by atoms with van der Waals surface area (Å²) >= 11 is 1.26. The third-order valence-corrected chi connectivity index (χ3v) is 4.04. The number of nitrogens with two attached hydrogens (primary N) is 1. The van der Waals surface area contributed by atoms with Gasteiger partial charge in [-0.3, -0.25) is 9.59 Å². The summed E-state index contributed by atoms with van der Waals surface area (Å²) in [4.78, 5) is 37.3. The number of thioether (sulfide) groups is 1. The number of hydrogen-bond acceptors (Lipinski definition) is 6. The van der Waals surface area contributed by atoms with Gasteiger partial charge in [0.25, 0.3) is 11.1 Å². The molecule has 0 amide bonds. The van der Waals surface area contributed by atoms with Crippen LogP contribution in [0.4, 0.5) is 5.82 Å². The van der Waals surface area contributed by atoms with Crippen LogP contribution in [0.1, 0.15) is 18.0 Å². The zero-order valence-electron chi connectivity index (χ0n) is 11.7. The molecule has 112 valence electrons. The van der Waals surface area contributed by atoms with E-state index in [9.17, 15) is 9.59 Å². The van der Waals surface area contributed by atoms with E-state index in [1.165, 1.54) is 17.8 Å². The number of fused-ring (bicyclic) bond motifs is 1. The van der Waals surface area contributed by atoms with E-state index in [0.29, 0.717) is 21.9 Å². The fourth-order valence-corrected chi connectivity index (χ4v) is 2.91. The van der Waals surface area contributed by atoms with Gasteiger partial charge >= 0.3 is 0 Å². The Balaban J connectivity index is 1.96. The molecule has 4 N–H and O–H groups in total. The Bertz CT molecular complexity index is 950. The van der Waals surface area contributed by atoms with Crippen LogP contribution in [-0.4, -0.2) is 19.9 Å². The molecule has 0 aliphatic heterocycles. The molecule has 3 aromatic rings. The number of anilines is 1. The predicted octanol–water partition coefficient (Wildman–Crippen LogP) is 1.44. The molecule has 0 saturated carbocycles. The minimum absolute atomic E-state index is 0.151. The average Bonchev–Trinajstić information content (AvgIpc) is 2.46. The van der Waals surface area contributed by atoms with Gasteiger partial charge in [-0.15, -0.1) is 0 Å². The Morgan fingerprint density at radius 2 is 1.95 bits per heavy atom. The summed E-state index contributed by atoms with van der Waals surface area (Å²) in [5.41, 5.74) is 5.67. The molecule has 0 bridgehead atoms. The van der Waals surface area contributed by atoms with E-state index in [0.717, 1.165) is 0 Å². The molecule has 1 atom stereocenters. The van der Waals surface area contributed by atoms with Crippen LogP contribution in [0.2, 0.25) is 0 Å². The van der Waals surface area contributed by atoms with Crippen LogP contribution in [0.15, 0.2) is 45.1 Å². The first-order chi connectivity index (χ1) is 10.5. The maximum atomic E-state index is 12.1. The van der Waals surface area contributed by atoms with Crippen LogP contribution < -0.4 is 16.9 Å². The van der Waals surface area contributed by atoms with E-state index in [-0.39, 0.29) is 22.2 Å². The van der Waals surface area contributed by atoms with E-state index < -0.39 is 0 Å². The van der Waals surface area contributed by atoms with Crippen LogP contribution in [0.5, 0.6) is 0 Å². The second-order valence-electron chi connectivity index (χ2n) is 4.70. The Kier molecular flexibility index (Phi) is 3.68. The number of aromatic nitrogens is 4. The molecule has 0 spiro atoms.